The first-order valence-electron chi connectivity index (χ1n) is 8.88. The predicted octanol–water partition coefficient (Wildman–Crippen LogP) is 2.56. The van der Waals surface area contributed by atoms with Crippen LogP contribution in [-0.4, -0.2) is 49.4 Å². The zero-order valence-electron chi connectivity index (χ0n) is 15.5. The molecule has 1 aromatic carbocycles. The molecule has 2 N–H and O–H groups in total. The third-order valence-electron chi connectivity index (χ3n) is 4.84. The summed E-state index contributed by atoms with van der Waals surface area (Å²) in [7, 11) is 0. The summed E-state index contributed by atoms with van der Waals surface area (Å²) >= 11 is 0. The fraction of sp³-hybridized carbons (Fsp3) is 0.263. The summed E-state index contributed by atoms with van der Waals surface area (Å²) in [6.45, 7) is 4.12. The average Bonchev–Trinajstić information content (AvgIpc) is 3.32. The minimum Gasteiger partial charge on any atom is -0.465 e. The van der Waals surface area contributed by atoms with Crippen LogP contribution in [0.15, 0.2) is 43.1 Å². The first-order valence-corrected chi connectivity index (χ1v) is 8.88. The van der Waals surface area contributed by atoms with Gasteiger partial charge in [-0.2, -0.15) is 5.10 Å². The highest BCUT2D eigenvalue weighted by atomic mass is 16.4. The Hall–Kier alpha value is -3.62. The molecule has 9 heteroatoms. The average molecular weight is 380 g/mol. The Morgan fingerprint density at radius 1 is 1.25 bits per heavy atom. The van der Waals surface area contributed by atoms with E-state index in [4.69, 9.17) is 0 Å². The van der Waals surface area contributed by atoms with Crippen LogP contribution in [0.3, 0.4) is 0 Å². The maximum Gasteiger partial charge on any atom is 0.411 e. The van der Waals surface area contributed by atoms with Gasteiger partial charge in [0.25, 0.3) is 0 Å². The van der Waals surface area contributed by atoms with E-state index < -0.39 is 6.09 Å². The number of H-pyrrole nitrogens is 1. The van der Waals surface area contributed by atoms with Crippen LogP contribution in [0.2, 0.25) is 0 Å². The van der Waals surface area contributed by atoms with Gasteiger partial charge in [-0.1, -0.05) is 6.07 Å². The Morgan fingerprint density at radius 3 is 2.75 bits per heavy atom. The van der Waals surface area contributed by atoms with Crippen molar-refractivity contribution in [1.82, 2.24) is 19.7 Å². The SMILES string of the molecule is CC(=O)N1c2ccc(-c3cnn(Cc4cnc[nH]4)c3)cc2N(C(=O)O)C[C@@H]1C. The second-order valence-corrected chi connectivity index (χ2v) is 6.84. The molecule has 0 aliphatic carbocycles. The molecule has 0 radical (unpaired) electrons. The zero-order valence-corrected chi connectivity index (χ0v) is 15.5. The first-order chi connectivity index (χ1) is 13.4. The molecule has 0 bridgehead atoms. The molecule has 4 rings (SSSR count). The maximum atomic E-state index is 12.1. The third-order valence-corrected chi connectivity index (χ3v) is 4.84. The molecular formula is C19H20N6O3. The normalized spacial score (nSPS) is 16.1. The molecule has 144 valence electrons. The summed E-state index contributed by atoms with van der Waals surface area (Å²) in [5.74, 6) is -0.112. The van der Waals surface area contributed by atoms with E-state index in [0.717, 1.165) is 16.8 Å². The van der Waals surface area contributed by atoms with Crippen molar-refractivity contribution in [2.24, 2.45) is 0 Å². The molecule has 2 aromatic heterocycles. The molecule has 1 aliphatic heterocycles. The number of rotatable bonds is 3. The first kappa shape index (κ1) is 17.8. The van der Waals surface area contributed by atoms with Crippen LogP contribution < -0.4 is 9.80 Å². The number of imidazole rings is 1. The molecular weight excluding hydrogens is 360 g/mol. The van der Waals surface area contributed by atoms with Gasteiger partial charge in [0.1, 0.15) is 0 Å². The Kier molecular flexibility index (Phi) is 4.34. The van der Waals surface area contributed by atoms with Gasteiger partial charge >= 0.3 is 6.09 Å². The van der Waals surface area contributed by atoms with Crippen molar-refractivity contribution in [2.75, 3.05) is 16.3 Å². The second-order valence-electron chi connectivity index (χ2n) is 6.84. The molecule has 0 saturated carbocycles. The number of carbonyl (C=O) groups is 2. The lowest BCUT2D eigenvalue weighted by molar-refractivity contribution is -0.117. The monoisotopic (exact) mass is 380 g/mol. The van der Waals surface area contributed by atoms with Crippen LogP contribution >= 0.6 is 0 Å². The number of fused-ring (bicyclic) bond motifs is 1. The number of carbonyl (C=O) groups excluding carboxylic acids is 1. The molecule has 0 spiro atoms. The molecule has 0 unspecified atom stereocenters. The van der Waals surface area contributed by atoms with E-state index in [1.807, 2.05) is 19.2 Å². The number of aromatic nitrogens is 4. The van der Waals surface area contributed by atoms with E-state index in [9.17, 15) is 14.7 Å². The lowest BCUT2D eigenvalue weighted by Crippen LogP contribution is -2.51. The highest BCUT2D eigenvalue weighted by molar-refractivity contribution is 6.02. The van der Waals surface area contributed by atoms with Crippen molar-refractivity contribution in [1.29, 1.82) is 0 Å². The van der Waals surface area contributed by atoms with Crippen molar-refractivity contribution in [3.63, 3.8) is 0 Å². The lowest BCUT2D eigenvalue weighted by Gasteiger charge is -2.39. The van der Waals surface area contributed by atoms with Crippen molar-refractivity contribution < 1.29 is 14.7 Å². The van der Waals surface area contributed by atoms with Crippen LogP contribution in [0, 0.1) is 0 Å². The minimum atomic E-state index is -1.04. The van der Waals surface area contributed by atoms with Gasteiger partial charge in [0.15, 0.2) is 0 Å². The Bertz CT molecular complexity index is 1030. The fourth-order valence-electron chi connectivity index (χ4n) is 3.61. The number of hydrogen-bond donors (Lipinski definition) is 2. The topological polar surface area (TPSA) is 107 Å². The van der Waals surface area contributed by atoms with Gasteiger partial charge in [-0.3, -0.25) is 14.4 Å². The van der Waals surface area contributed by atoms with Crippen molar-refractivity contribution in [3.05, 3.63) is 48.8 Å². The Balaban J connectivity index is 1.71. The number of nitrogens with one attached hydrogen (secondary N) is 1. The van der Waals surface area contributed by atoms with Crippen molar-refractivity contribution in [3.8, 4) is 11.1 Å². The Labute approximate surface area is 161 Å². The molecule has 0 fully saturated rings. The van der Waals surface area contributed by atoms with Gasteiger partial charge in [0.05, 0.1) is 42.2 Å². The van der Waals surface area contributed by atoms with E-state index >= 15 is 0 Å². The van der Waals surface area contributed by atoms with Gasteiger partial charge in [0, 0.05) is 31.4 Å². The summed E-state index contributed by atoms with van der Waals surface area (Å²) in [4.78, 5) is 33.8. The highest BCUT2D eigenvalue weighted by Crippen LogP contribution is 2.38. The molecule has 28 heavy (non-hydrogen) atoms. The summed E-state index contributed by atoms with van der Waals surface area (Å²) in [5, 5.41) is 14.0. The quantitative estimate of drug-likeness (QED) is 0.726. The van der Waals surface area contributed by atoms with E-state index in [1.165, 1.54) is 11.8 Å². The number of carboxylic acid groups (broad SMARTS) is 1. The van der Waals surface area contributed by atoms with Crippen molar-refractivity contribution >= 4 is 23.4 Å². The number of anilines is 2. The third kappa shape index (κ3) is 3.11. The molecule has 9 nitrogen and oxygen atoms in total. The van der Waals surface area contributed by atoms with Crippen LogP contribution in [0.4, 0.5) is 16.2 Å². The molecule has 1 atom stereocenters. The predicted molar refractivity (Wildman–Crippen MR) is 103 cm³/mol. The molecule has 1 aliphatic rings. The van der Waals surface area contributed by atoms with E-state index in [2.05, 4.69) is 15.1 Å². The van der Waals surface area contributed by atoms with E-state index in [1.54, 1.807) is 40.4 Å². The highest BCUT2D eigenvalue weighted by Gasteiger charge is 2.33. The van der Waals surface area contributed by atoms with E-state index in [0.29, 0.717) is 17.9 Å². The maximum absolute atomic E-state index is 12.1. The summed E-state index contributed by atoms with van der Waals surface area (Å²) in [5.41, 5.74) is 3.73. The fourth-order valence-corrected chi connectivity index (χ4v) is 3.61. The minimum absolute atomic E-state index is 0.112. The van der Waals surface area contributed by atoms with E-state index in [-0.39, 0.29) is 18.5 Å². The van der Waals surface area contributed by atoms with Gasteiger partial charge in [-0.25, -0.2) is 9.78 Å². The number of benzene rings is 1. The summed E-state index contributed by atoms with van der Waals surface area (Å²) < 4.78 is 1.78. The van der Waals surface area contributed by atoms with Crippen LogP contribution in [0.1, 0.15) is 19.5 Å². The van der Waals surface area contributed by atoms with Crippen LogP contribution in [0.5, 0.6) is 0 Å². The Morgan fingerprint density at radius 2 is 2.07 bits per heavy atom. The van der Waals surface area contributed by atoms with Gasteiger partial charge in [-0.15, -0.1) is 0 Å². The van der Waals surface area contributed by atoms with Gasteiger partial charge in [0.2, 0.25) is 5.91 Å². The smallest absolute Gasteiger partial charge is 0.411 e. The van der Waals surface area contributed by atoms with Gasteiger partial charge < -0.3 is 15.0 Å². The van der Waals surface area contributed by atoms with Gasteiger partial charge in [-0.05, 0) is 24.6 Å². The molecule has 3 aromatic rings. The number of aromatic amines is 1. The summed E-state index contributed by atoms with van der Waals surface area (Å²) in [6.07, 6.45) is 5.94. The van der Waals surface area contributed by atoms with Crippen LogP contribution in [-0.2, 0) is 11.3 Å². The number of nitrogens with zero attached hydrogens (tertiary/aromatic N) is 5. The largest absolute Gasteiger partial charge is 0.465 e. The van der Waals surface area contributed by atoms with Crippen molar-refractivity contribution in [2.45, 2.75) is 26.4 Å². The lowest BCUT2D eigenvalue weighted by atomic mass is 10.0. The second kappa shape index (κ2) is 6.84. The number of hydrogen-bond acceptors (Lipinski definition) is 4. The zero-order chi connectivity index (χ0) is 19.8. The molecule has 0 saturated heterocycles. The van der Waals surface area contributed by atoms with Crippen LogP contribution in [0.25, 0.3) is 11.1 Å². The number of amides is 2. The standard InChI is InChI=1S/C19H20N6O3/c1-12-8-24(19(27)28)18-5-14(3-4-17(18)25(12)13(2)26)15-6-22-23(9-15)10-16-7-20-11-21-16/h3-7,9,11-12H,8,10H2,1-2H3,(H,20,21)(H,27,28)/t12-/m0/s1. The molecule has 3 heterocycles. The summed E-state index contributed by atoms with van der Waals surface area (Å²) in [6, 6.07) is 5.24. The molecule has 2 amide bonds.